The average Bonchev–Trinajstić information content (AvgIpc) is 2.63. The van der Waals surface area contributed by atoms with Gasteiger partial charge in [0.15, 0.2) is 5.92 Å². The number of amides is 4. The number of carbonyl (C=O) groups is 3. The number of nitrogens with one attached hydrogen (secondary N) is 1. The molecule has 4 amide bonds. The summed E-state index contributed by atoms with van der Waals surface area (Å²) in [5, 5.41) is 2.13. The lowest BCUT2D eigenvalue weighted by Gasteiger charge is -2.29. The predicted octanol–water partition coefficient (Wildman–Crippen LogP) is 2.44. The zero-order valence-corrected chi connectivity index (χ0v) is 13.7. The van der Waals surface area contributed by atoms with Crippen molar-refractivity contribution in [1.82, 2.24) is 5.32 Å². The van der Waals surface area contributed by atoms with Gasteiger partial charge < -0.3 is 4.74 Å². The molecule has 1 aliphatic heterocycles. The largest absolute Gasteiger partial charge is 0.495 e. The zero-order valence-electron chi connectivity index (χ0n) is 13.7. The van der Waals surface area contributed by atoms with Gasteiger partial charge in [-0.15, -0.1) is 0 Å². The topological polar surface area (TPSA) is 88.1 Å². The summed E-state index contributed by atoms with van der Waals surface area (Å²) in [4.78, 5) is 41.8. The predicted molar refractivity (Wildman–Crippen MR) is 92.1 cm³/mol. The van der Waals surface area contributed by atoms with E-state index in [2.05, 4.69) is 10.3 Å². The van der Waals surface area contributed by atoms with Crippen LogP contribution in [-0.2, 0) is 9.59 Å². The van der Waals surface area contributed by atoms with E-state index in [9.17, 15) is 18.8 Å². The van der Waals surface area contributed by atoms with Crippen LogP contribution in [0, 0.1) is 11.7 Å². The number of ether oxygens (including phenoxy) is 1. The Hall–Kier alpha value is -3.55. The average molecular weight is 355 g/mol. The van der Waals surface area contributed by atoms with Crippen LogP contribution in [0.25, 0.3) is 0 Å². The number of hydrogen-bond acceptors (Lipinski definition) is 5. The van der Waals surface area contributed by atoms with Crippen molar-refractivity contribution in [3.63, 3.8) is 0 Å². The molecular weight excluding hydrogens is 341 g/mol. The summed E-state index contributed by atoms with van der Waals surface area (Å²) in [5.41, 5.74) is 0.581. The fraction of sp³-hybridized carbons (Fsp3) is 0.111. The molecule has 1 atom stereocenters. The van der Waals surface area contributed by atoms with Crippen LogP contribution in [0.4, 0.5) is 20.6 Å². The molecule has 26 heavy (non-hydrogen) atoms. The lowest BCUT2D eigenvalue weighted by Crippen LogP contribution is -2.58. The molecule has 132 valence electrons. The Morgan fingerprint density at radius 1 is 1.12 bits per heavy atom. The van der Waals surface area contributed by atoms with Crippen molar-refractivity contribution in [1.29, 1.82) is 0 Å². The molecule has 0 unspecified atom stereocenters. The molecule has 1 saturated heterocycles. The van der Waals surface area contributed by atoms with Crippen LogP contribution in [0.1, 0.15) is 0 Å². The number of nitrogens with zero attached hydrogens (tertiary/aromatic N) is 2. The van der Waals surface area contributed by atoms with Crippen molar-refractivity contribution in [3.8, 4) is 5.75 Å². The zero-order chi connectivity index (χ0) is 18.7. The second kappa shape index (κ2) is 7.14. The van der Waals surface area contributed by atoms with Crippen molar-refractivity contribution < 1.29 is 23.5 Å². The number of para-hydroxylation sites is 2. The first kappa shape index (κ1) is 17.3. The maximum Gasteiger partial charge on any atom is 0.335 e. The van der Waals surface area contributed by atoms with Crippen molar-refractivity contribution in [2.75, 3.05) is 12.0 Å². The number of benzene rings is 2. The molecule has 3 rings (SSSR count). The molecule has 0 spiro atoms. The maximum absolute atomic E-state index is 12.9. The molecule has 1 heterocycles. The molecule has 8 heteroatoms. The summed E-state index contributed by atoms with van der Waals surface area (Å²) >= 11 is 0. The van der Waals surface area contributed by atoms with E-state index >= 15 is 0 Å². The third-order valence-corrected chi connectivity index (χ3v) is 3.73. The van der Waals surface area contributed by atoms with Gasteiger partial charge in [-0.05, 0) is 36.4 Å². The van der Waals surface area contributed by atoms with Crippen molar-refractivity contribution in [2.24, 2.45) is 10.9 Å². The van der Waals surface area contributed by atoms with Crippen LogP contribution >= 0.6 is 0 Å². The van der Waals surface area contributed by atoms with E-state index in [4.69, 9.17) is 4.74 Å². The number of barbiturate groups is 1. The number of rotatable bonds is 4. The van der Waals surface area contributed by atoms with Gasteiger partial charge >= 0.3 is 6.03 Å². The van der Waals surface area contributed by atoms with Gasteiger partial charge in [0, 0.05) is 6.21 Å². The smallest absolute Gasteiger partial charge is 0.335 e. The van der Waals surface area contributed by atoms with Crippen molar-refractivity contribution in [2.45, 2.75) is 0 Å². The number of urea groups is 1. The van der Waals surface area contributed by atoms with E-state index in [1.807, 2.05) is 0 Å². The summed E-state index contributed by atoms with van der Waals surface area (Å²) in [6.07, 6.45) is 1.12. The third kappa shape index (κ3) is 3.30. The molecule has 7 nitrogen and oxygen atoms in total. The lowest BCUT2D eigenvalue weighted by atomic mass is 10.1. The lowest BCUT2D eigenvalue weighted by molar-refractivity contribution is -0.131. The molecule has 1 aliphatic rings. The molecule has 1 fully saturated rings. The Labute approximate surface area is 148 Å². The molecule has 0 aliphatic carbocycles. The number of halogens is 1. The molecule has 2 aromatic carbocycles. The second-order valence-corrected chi connectivity index (χ2v) is 5.37. The Morgan fingerprint density at radius 3 is 2.50 bits per heavy atom. The number of aliphatic imine (C=N–C) groups is 1. The van der Waals surface area contributed by atoms with E-state index in [1.165, 1.54) is 37.4 Å². The van der Waals surface area contributed by atoms with Crippen LogP contribution in [0.2, 0.25) is 0 Å². The Bertz CT molecular complexity index is 896. The van der Waals surface area contributed by atoms with E-state index in [1.54, 1.807) is 18.2 Å². The summed E-state index contributed by atoms with van der Waals surface area (Å²) in [6.45, 7) is 0. The minimum Gasteiger partial charge on any atom is -0.495 e. The van der Waals surface area contributed by atoms with E-state index in [0.29, 0.717) is 11.4 Å². The van der Waals surface area contributed by atoms with Crippen molar-refractivity contribution >= 4 is 35.4 Å². The normalized spacial score (nSPS) is 17.5. The van der Waals surface area contributed by atoms with Crippen molar-refractivity contribution in [3.05, 3.63) is 54.3 Å². The minimum atomic E-state index is -1.30. The highest BCUT2D eigenvalue weighted by Crippen LogP contribution is 2.30. The second-order valence-electron chi connectivity index (χ2n) is 5.37. The van der Waals surface area contributed by atoms with Gasteiger partial charge in [0.25, 0.3) is 5.91 Å². The summed E-state index contributed by atoms with van der Waals surface area (Å²) in [7, 11) is 1.41. The molecular formula is C18H14FN3O4. The van der Waals surface area contributed by atoms with Gasteiger partial charge in [-0.1, -0.05) is 12.1 Å². The highest BCUT2D eigenvalue weighted by molar-refractivity contribution is 6.33. The van der Waals surface area contributed by atoms with Gasteiger partial charge in [0.2, 0.25) is 5.91 Å². The van der Waals surface area contributed by atoms with Gasteiger partial charge in [-0.25, -0.2) is 14.1 Å². The number of anilines is 1. The number of carbonyl (C=O) groups excluding carboxylic acids is 3. The van der Waals surface area contributed by atoms with E-state index in [0.717, 1.165) is 11.1 Å². The highest BCUT2D eigenvalue weighted by Gasteiger charge is 2.41. The molecule has 2 aromatic rings. The molecule has 1 N–H and O–H groups in total. The number of hydrogen-bond donors (Lipinski definition) is 1. The number of methoxy groups -OCH3 is 1. The molecule has 0 saturated carbocycles. The SMILES string of the molecule is COc1ccccc1N1C(=O)NC(=O)[C@@H](C=Nc2ccc(F)cc2)C1=O. The van der Waals surface area contributed by atoms with E-state index < -0.39 is 29.6 Å². The van der Waals surface area contributed by atoms with Gasteiger partial charge in [0.1, 0.15) is 11.6 Å². The highest BCUT2D eigenvalue weighted by atomic mass is 19.1. The summed E-state index contributed by atoms with van der Waals surface area (Å²) in [6, 6.07) is 10.8. The molecule has 0 bridgehead atoms. The van der Waals surface area contributed by atoms with Gasteiger partial charge in [-0.3, -0.25) is 19.9 Å². The summed E-state index contributed by atoms with van der Waals surface area (Å²) < 4.78 is 18.1. The van der Waals surface area contributed by atoms with Crippen LogP contribution in [0.3, 0.4) is 0 Å². The Kier molecular flexibility index (Phi) is 4.74. The minimum absolute atomic E-state index is 0.213. The quantitative estimate of drug-likeness (QED) is 0.674. The fourth-order valence-corrected chi connectivity index (χ4v) is 2.45. The third-order valence-electron chi connectivity index (χ3n) is 3.73. The standard InChI is InChI=1S/C18H14FN3O4/c1-26-15-5-3-2-4-14(15)22-17(24)13(16(23)21-18(22)25)10-20-12-8-6-11(19)7-9-12/h2-10,13H,1H3,(H,21,23,25)/t13-/m1/s1. The van der Waals surface area contributed by atoms with Gasteiger partial charge in [0.05, 0.1) is 18.5 Å². The molecule has 0 aromatic heterocycles. The van der Waals surface area contributed by atoms with E-state index in [-0.39, 0.29) is 5.69 Å². The first-order valence-corrected chi connectivity index (χ1v) is 7.63. The van der Waals surface area contributed by atoms with Crippen LogP contribution in [0.15, 0.2) is 53.5 Å². The van der Waals surface area contributed by atoms with Crippen LogP contribution in [0.5, 0.6) is 5.75 Å². The first-order chi connectivity index (χ1) is 12.5. The summed E-state index contributed by atoms with van der Waals surface area (Å²) in [5.74, 6) is -2.96. The Balaban J connectivity index is 1.91. The Morgan fingerprint density at radius 2 is 1.81 bits per heavy atom. The first-order valence-electron chi connectivity index (χ1n) is 7.63. The number of imide groups is 2. The van der Waals surface area contributed by atoms with Crippen LogP contribution in [-0.4, -0.2) is 31.2 Å². The fourth-order valence-electron chi connectivity index (χ4n) is 2.45. The monoisotopic (exact) mass is 355 g/mol. The van der Waals surface area contributed by atoms with Gasteiger partial charge in [-0.2, -0.15) is 0 Å². The maximum atomic E-state index is 12.9. The molecule has 0 radical (unpaired) electrons. The van der Waals surface area contributed by atoms with Crippen LogP contribution < -0.4 is 15.0 Å².